The van der Waals surface area contributed by atoms with Crippen LogP contribution in [-0.4, -0.2) is 49.5 Å². The molecule has 0 spiro atoms. The minimum Gasteiger partial charge on any atom is -0.497 e. The normalized spacial score (nSPS) is 16.0. The van der Waals surface area contributed by atoms with Gasteiger partial charge in [-0.15, -0.1) is 11.8 Å². The van der Waals surface area contributed by atoms with Gasteiger partial charge in [-0.25, -0.2) is 4.99 Å². The van der Waals surface area contributed by atoms with E-state index in [4.69, 9.17) is 9.57 Å². The van der Waals surface area contributed by atoms with E-state index in [0.29, 0.717) is 0 Å². The van der Waals surface area contributed by atoms with Crippen LogP contribution in [0.25, 0.3) is 0 Å². The summed E-state index contributed by atoms with van der Waals surface area (Å²) in [6, 6.07) is 12.4. The molecule has 0 saturated heterocycles. The van der Waals surface area contributed by atoms with E-state index < -0.39 is 0 Å². The first-order chi connectivity index (χ1) is 14.0. The van der Waals surface area contributed by atoms with Gasteiger partial charge in [0, 0.05) is 36.2 Å². The monoisotopic (exact) mass is 411 g/mol. The molecule has 1 unspecified atom stereocenters. The van der Waals surface area contributed by atoms with Crippen LogP contribution in [0, 0.1) is 13.8 Å². The third-order valence-electron chi connectivity index (χ3n) is 4.97. The maximum atomic E-state index is 5.71. The summed E-state index contributed by atoms with van der Waals surface area (Å²) in [5, 5.41) is 4.38. The largest absolute Gasteiger partial charge is 0.497 e. The molecule has 3 rings (SSSR count). The predicted octanol–water partition coefficient (Wildman–Crippen LogP) is 5.21. The summed E-state index contributed by atoms with van der Waals surface area (Å²) in [5.74, 6) is 1.74. The number of ether oxygens (including phenoxy) is 1. The highest BCUT2D eigenvalue weighted by molar-refractivity contribution is 7.99. The molecule has 0 saturated carbocycles. The highest BCUT2D eigenvalue weighted by atomic mass is 32.2. The second-order valence-electron chi connectivity index (χ2n) is 7.23. The Morgan fingerprint density at radius 2 is 2.00 bits per heavy atom. The molecule has 1 atom stereocenters. The van der Waals surface area contributed by atoms with Crippen LogP contribution in [0.1, 0.15) is 30.0 Å². The molecular formula is C23H29N3O2S. The molecule has 29 heavy (non-hydrogen) atoms. The van der Waals surface area contributed by atoms with Gasteiger partial charge in [-0.3, -0.25) is 0 Å². The number of hydrogen-bond donors (Lipinski definition) is 0. The summed E-state index contributed by atoms with van der Waals surface area (Å²) in [5.41, 5.74) is 5.49. The van der Waals surface area contributed by atoms with Gasteiger partial charge < -0.3 is 14.5 Å². The molecule has 0 amide bonds. The molecule has 5 nitrogen and oxygen atoms in total. The van der Waals surface area contributed by atoms with Crippen molar-refractivity contribution >= 4 is 29.5 Å². The smallest absolute Gasteiger partial charge is 0.142 e. The fourth-order valence-electron chi connectivity index (χ4n) is 3.03. The van der Waals surface area contributed by atoms with Gasteiger partial charge in [0.1, 0.15) is 11.9 Å². The van der Waals surface area contributed by atoms with E-state index in [9.17, 15) is 0 Å². The van der Waals surface area contributed by atoms with Crippen molar-refractivity contribution in [3.63, 3.8) is 0 Å². The Bertz CT molecular complexity index is 894. The number of hydrogen-bond acceptors (Lipinski definition) is 5. The number of benzene rings is 2. The molecule has 0 radical (unpaired) electrons. The van der Waals surface area contributed by atoms with E-state index in [-0.39, 0.29) is 6.10 Å². The number of nitrogens with zero attached hydrogens (tertiary/aromatic N) is 3. The van der Waals surface area contributed by atoms with Crippen molar-refractivity contribution in [3.05, 3.63) is 53.1 Å². The Kier molecular flexibility index (Phi) is 7.20. The van der Waals surface area contributed by atoms with Gasteiger partial charge in [0.2, 0.25) is 0 Å². The quantitative estimate of drug-likeness (QED) is 0.340. The maximum absolute atomic E-state index is 5.71. The van der Waals surface area contributed by atoms with Crippen molar-refractivity contribution in [1.29, 1.82) is 0 Å². The Balaban J connectivity index is 1.61. The van der Waals surface area contributed by atoms with Gasteiger partial charge >= 0.3 is 0 Å². The van der Waals surface area contributed by atoms with Gasteiger partial charge in [-0.2, -0.15) is 0 Å². The number of thioether (sulfide) groups is 1. The molecule has 0 aliphatic carbocycles. The van der Waals surface area contributed by atoms with Crippen molar-refractivity contribution in [1.82, 2.24) is 4.90 Å². The second kappa shape index (κ2) is 9.83. The first kappa shape index (κ1) is 21.2. The maximum Gasteiger partial charge on any atom is 0.142 e. The van der Waals surface area contributed by atoms with Gasteiger partial charge in [-0.05, 0) is 68.3 Å². The van der Waals surface area contributed by atoms with E-state index in [0.717, 1.165) is 47.0 Å². The van der Waals surface area contributed by atoms with E-state index in [1.807, 2.05) is 25.5 Å². The van der Waals surface area contributed by atoms with Crippen molar-refractivity contribution in [3.8, 4) is 5.75 Å². The number of methoxy groups -OCH3 is 1. The van der Waals surface area contributed by atoms with Crippen molar-refractivity contribution < 1.29 is 9.57 Å². The Morgan fingerprint density at radius 1 is 1.24 bits per heavy atom. The third-order valence-corrected chi connectivity index (χ3v) is 6.12. The summed E-state index contributed by atoms with van der Waals surface area (Å²) in [6.07, 6.45) is 2.79. The number of rotatable bonds is 8. The van der Waals surface area contributed by atoms with Crippen LogP contribution >= 0.6 is 11.8 Å². The van der Waals surface area contributed by atoms with Crippen LogP contribution in [0.5, 0.6) is 5.75 Å². The molecule has 1 heterocycles. The van der Waals surface area contributed by atoms with Crippen LogP contribution < -0.4 is 4.74 Å². The zero-order chi connectivity index (χ0) is 20.8. The van der Waals surface area contributed by atoms with Gasteiger partial charge in [0.25, 0.3) is 0 Å². The number of aryl methyl sites for hydroxylation is 2. The van der Waals surface area contributed by atoms with Gasteiger partial charge in [-0.1, -0.05) is 5.16 Å². The van der Waals surface area contributed by atoms with Crippen LogP contribution in [0.2, 0.25) is 0 Å². The average Bonchev–Trinajstić information content (AvgIpc) is 3.21. The lowest BCUT2D eigenvalue weighted by Gasteiger charge is -2.12. The highest BCUT2D eigenvalue weighted by Crippen LogP contribution is 2.29. The molecule has 1 aliphatic rings. The summed E-state index contributed by atoms with van der Waals surface area (Å²) in [7, 11) is 3.70. The second-order valence-corrected chi connectivity index (χ2v) is 8.32. The lowest BCUT2D eigenvalue weighted by molar-refractivity contribution is 0.103. The van der Waals surface area contributed by atoms with Crippen molar-refractivity contribution in [2.75, 3.05) is 26.5 Å². The summed E-state index contributed by atoms with van der Waals surface area (Å²) in [6.45, 7) is 7.24. The molecular weight excluding hydrogens is 382 g/mol. The standard InChI is InChI=1S/C23H29N3O2S/c1-6-26(4)15-24-22-12-16(2)21(11-17(22)3)23-13-19(28-25-23)14-29-20-9-7-18(27-5)8-10-20/h7-12,15,19H,6,13-14H2,1-5H3/b24-15+. The van der Waals surface area contributed by atoms with Crippen LogP contribution in [0.15, 0.2) is 51.4 Å². The van der Waals surface area contributed by atoms with E-state index >= 15 is 0 Å². The van der Waals surface area contributed by atoms with Crippen molar-refractivity contribution in [2.24, 2.45) is 10.1 Å². The molecule has 2 aromatic carbocycles. The molecule has 2 aromatic rings. The highest BCUT2D eigenvalue weighted by Gasteiger charge is 2.24. The summed E-state index contributed by atoms with van der Waals surface area (Å²) < 4.78 is 5.21. The number of oxime groups is 1. The van der Waals surface area contributed by atoms with Gasteiger partial charge in [0.05, 0.1) is 24.8 Å². The Morgan fingerprint density at radius 3 is 2.69 bits per heavy atom. The molecule has 0 fully saturated rings. The molecule has 0 N–H and O–H groups in total. The molecule has 0 aromatic heterocycles. The van der Waals surface area contributed by atoms with E-state index in [1.54, 1.807) is 18.9 Å². The zero-order valence-electron chi connectivity index (χ0n) is 17.8. The van der Waals surface area contributed by atoms with E-state index in [1.165, 1.54) is 10.5 Å². The summed E-state index contributed by atoms with van der Waals surface area (Å²) >= 11 is 1.78. The average molecular weight is 412 g/mol. The van der Waals surface area contributed by atoms with Crippen molar-refractivity contribution in [2.45, 2.75) is 38.2 Å². The first-order valence-corrected chi connectivity index (χ1v) is 10.8. The molecule has 0 bridgehead atoms. The minimum atomic E-state index is 0.0905. The lowest BCUT2D eigenvalue weighted by Crippen LogP contribution is -2.14. The topological polar surface area (TPSA) is 46.4 Å². The molecule has 1 aliphatic heterocycles. The van der Waals surface area contributed by atoms with Crippen LogP contribution in [0.4, 0.5) is 5.69 Å². The SMILES string of the molecule is CCN(C)/C=N/c1cc(C)c(C2=NOC(CSc3ccc(OC)cc3)C2)cc1C. The molecule has 6 heteroatoms. The van der Waals surface area contributed by atoms with E-state index in [2.05, 4.69) is 60.1 Å². The van der Waals surface area contributed by atoms with Crippen LogP contribution in [-0.2, 0) is 4.84 Å². The fourth-order valence-corrected chi connectivity index (χ4v) is 3.92. The van der Waals surface area contributed by atoms with Gasteiger partial charge in [0.15, 0.2) is 0 Å². The first-order valence-electron chi connectivity index (χ1n) is 9.85. The Labute approximate surface area is 177 Å². The number of aliphatic imine (C=N–C) groups is 1. The minimum absolute atomic E-state index is 0.0905. The third kappa shape index (κ3) is 5.54. The lowest BCUT2D eigenvalue weighted by atomic mass is 9.97. The van der Waals surface area contributed by atoms with Crippen LogP contribution in [0.3, 0.4) is 0 Å². The zero-order valence-corrected chi connectivity index (χ0v) is 18.6. The summed E-state index contributed by atoms with van der Waals surface area (Å²) in [4.78, 5) is 13.6. The fraction of sp³-hybridized carbons (Fsp3) is 0.391. The predicted molar refractivity (Wildman–Crippen MR) is 122 cm³/mol. The molecule has 154 valence electrons. The Hall–Kier alpha value is -2.47.